The minimum absolute atomic E-state index is 0.138. The lowest BCUT2D eigenvalue weighted by Gasteiger charge is -2.32. The predicted molar refractivity (Wildman–Crippen MR) is 45.1 cm³/mol. The van der Waals surface area contributed by atoms with Gasteiger partial charge in [0.15, 0.2) is 0 Å². The number of hydrogen-bond donors (Lipinski definition) is 0. The highest BCUT2D eigenvalue weighted by Crippen LogP contribution is 2.24. The van der Waals surface area contributed by atoms with Gasteiger partial charge in [0.05, 0.1) is 0 Å². The van der Waals surface area contributed by atoms with Gasteiger partial charge in [-0.1, -0.05) is 27.2 Å². The third-order valence-electron chi connectivity index (χ3n) is 2.24. The molecule has 0 amide bonds. The molecule has 0 aliphatic carbocycles. The molecular formula is C8H17AlO. The molecule has 0 saturated carbocycles. The molecule has 0 unspecified atom stereocenters. The lowest BCUT2D eigenvalue weighted by molar-refractivity contribution is 0.0605. The Labute approximate surface area is 72.9 Å². The Kier molecular flexibility index (Phi) is 5.44. The standard InChI is InChI=1S/C8H17O.Al/c1-4-7-8(9,5-2)6-3;/h4-7H2,1-3H3;/q-1;+1. The normalized spacial score (nSPS) is 11.9. The van der Waals surface area contributed by atoms with E-state index in [-0.39, 0.29) is 5.60 Å². The van der Waals surface area contributed by atoms with Crippen molar-refractivity contribution in [2.75, 3.05) is 0 Å². The van der Waals surface area contributed by atoms with E-state index in [1.807, 2.05) is 0 Å². The summed E-state index contributed by atoms with van der Waals surface area (Å²) < 4.78 is 5.39. The van der Waals surface area contributed by atoms with Crippen molar-refractivity contribution in [3.8, 4) is 0 Å². The molecule has 0 aromatic heterocycles. The summed E-state index contributed by atoms with van der Waals surface area (Å²) in [5.74, 6) is 0. The van der Waals surface area contributed by atoms with E-state index in [1.165, 1.54) is 12.8 Å². The zero-order valence-electron chi connectivity index (χ0n) is 7.31. The molecule has 0 N–H and O–H groups in total. The van der Waals surface area contributed by atoms with Crippen molar-refractivity contribution >= 4 is 16.6 Å². The molecular weight excluding hydrogens is 139 g/mol. The highest BCUT2D eigenvalue weighted by Gasteiger charge is 2.21. The van der Waals surface area contributed by atoms with Gasteiger partial charge in [-0.15, -0.1) is 0 Å². The Morgan fingerprint density at radius 3 is 1.80 bits per heavy atom. The highest BCUT2D eigenvalue weighted by molar-refractivity contribution is 5.98. The van der Waals surface area contributed by atoms with Crippen LogP contribution in [0.2, 0.25) is 0 Å². The van der Waals surface area contributed by atoms with Gasteiger partial charge >= 0.3 is 16.6 Å². The van der Waals surface area contributed by atoms with Gasteiger partial charge in [0.25, 0.3) is 0 Å². The van der Waals surface area contributed by atoms with Crippen LogP contribution in [0, 0.1) is 0 Å². The Morgan fingerprint density at radius 2 is 1.70 bits per heavy atom. The second-order valence-electron chi connectivity index (χ2n) is 2.76. The molecule has 0 aliphatic heterocycles. The Morgan fingerprint density at radius 1 is 1.20 bits per heavy atom. The summed E-state index contributed by atoms with van der Waals surface area (Å²) in [6.45, 7) is 6.57. The lowest BCUT2D eigenvalue weighted by Crippen LogP contribution is -2.29. The first-order valence-electron chi connectivity index (χ1n) is 4.12. The van der Waals surface area contributed by atoms with E-state index in [4.69, 9.17) is 3.79 Å². The average molecular weight is 156 g/mol. The molecule has 0 fully saturated rings. The highest BCUT2D eigenvalue weighted by atomic mass is 27.1. The summed E-state index contributed by atoms with van der Waals surface area (Å²) in [5.41, 5.74) is 0.138. The molecule has 0 aromatic carbocycles. The molecule has 0 rings (SSSR count). The van der Waals surface area contributed by atoms with Crippen molar-refractivity contribution in [3.05, 3.63) is 0 Å². The molecule has 0 spiro atoms. The Balaban J connectivity index is 3.87. The van der Waals surface area contributed by atoms with Crippen LogP contribution in [0.25, 0.3) is 0 Å². The minimum atomic E-state index is 0.138. The zero-order chi connectivity index (χ0) is 8.04. The molecule has 0 atom stereocenters. The maximum absolute atomic E-state index is 5.39. The van der Waals surface area contributed by atoms with E-state index in [9.17, 15) is 0 Å². The van der Waals surface area contributed by atoms with Crippen molar-refractivity contribution in [2.45, 2.75) is 52.1 Å². The van der Waals surface area contributed by atoms with Gasteiger partial charge in [-0.25, -0.2) is 0 Å². The van der Waals surface area contributed by atoms with E-state index in [1.54, 1.807) is 0 Å². The van der Waals surface area contributed by atoms with Gasteiger partial charge in [-0.05, 0) is 19.3 Å². The van der Waals surface area contributed by atoms with Gasteiger partial charge in [0.1, 0.15) is 0 Å². The molecule has 0 aliphatic rings. The second kappa shape index (κ2) is 5.18. The predicted octanol–water partition coefficient (Wildman–Crippen LogP) is 2.45. The van der Waals surface area contributed by atoms with Gasteiger partial charge < -0.3 is 3.79 Å². The monoisotopic (exact) mass is 156 g/mol. The van der Waals surface area contributed by atoms with Crippen LogP contribution in [0.15, 0.2) is 0 Å². The third-order valence-corrected chi connectivity index (χ3v) is 2.74. The Bertz CT molecular complexity index is 71.1. The SMILES string of the molecule is CCCC(CC)(CC)[O][Al]. The minimum Gasteiger partial charge on any atom is -0.512 e. The van der Waals surface area contributed by atoms with Crippen LogP contribution in [-0.4, -0.2) is 22.2 Å². The van der Waals surface area contributed by atoms with E-state index in [0.29, 0.717) is 0 Å². The number of rotatable bonds is 5. The third kappa shape index (κ3) is 2.62. The largest absolute Gasteiger partial charge is 0.512 e. The summed E-state index contributed by atoms with van der Waals surface area (Å²) in [6, 6.07) is 0. The van der Waals surface area contributed by atoms with Gasteiger partial charge in [-0.2, -0.15) is 0 Å². The van der Waals surface area contributed by atoms with Crippen LogP contribution in [0.3, 0.4) is 0 Å². The summed E-state index contributed by atoms with van der Waals surface area (Å²) in [5, 5.41) is 0. The first-order chi connectivity index (χ1) is 4.74. The fraction of sp³-hybridized carbons (Fsp3) is 1.00. The summed E-state index contributed by atoms with van der Waals surface area (Å²) in [4.78, 5) is 0. The van der Waals surface area contributed by atoms with Crippen molar-refractivity contribution in [2.24, 2.45) is 0 Å². The van der Waals surface area contributed by atoms with E-state index < -0.39 is 0 Å². The smallest absolute Gasteiger partial charge is 0.369 e. The van der Waals surface area contributed by atoms with Crippen molar-refractivity contribution in [3.63, 3.8) is 0 Å². The average Bonchev–Trinajstić information content (AvgIpc) is 2.01. The molecule has 58 valence electrons. The molecule has 1 nitrogen and oxygen atoms in total. The van der Waals surface area contributed by atoms with Crippen molar-refractivity contribution in [1.29, 1.82) is 0 Å². The molecule has 10 heavy (non-hydrogen) atoms. The van der Waals surface area contributed by atoms with Crippen LogP contribution in [-0.2, 0) is 3.79 Å². The first-order valence-corrected chi connectivity index (χ1v) is 4.59. The van der Waals surface area contributed by atoms with Crippen molar-refractivity contribution in [1.82, 2.24) is 0 Å². The Hall–Kier alpha value is 0.492. The van der Waals surface area contributed by atoms with Gasteiger partial charge in [0, 0.05) is 5.60 Å². The summed E-state index contributed by atoms with van der Waals surface area (Å²) >= 11 is 2.39. The van der Waals surface area contributed by atoms with Crippen LogP contribution in [0.1, 0.15) is 46.5 Å². The lowest BCUT2D eigenvalue weighted by atomic mass is 9.92. The molecule has 0 bridgehead atoms. The van der Waals surface area contributed by atoms with Gasteiger partial charge in [0.2, 0.25) is 0 Å². The van der Waals surface area contributed by atoms with E-state index in [0.717, 1.165) is 12.8 Å². The number of hydrogen-bond acceptors (Lipinski definition) is 1. The molecule has 0 saturated heterocycles. The quantitative estimate of drug-likeness (QED) is 0.555. The molecule has 2 radical (unpaired) electrons. The van der Waals surface area contributed by atoms with Crippen LogP contribution >= 0.6 is 0 Å². The second-order valence-corrected chi connectivity index (χ2v) is 2.99. The van der Waals surface area contributed by atoms with E-state index in [2.05, 4.69) is 37.4 Å². The topological polar surface area (TPSA) is 9.23 Å². The zero-order valence-corrected chi connectivity index (χ0v) is 8.47. The van der Waals surface area contributed by atoms with Crippen LogP contribution < -0.4 is 0 Å². The van der Waals surface area contributed by atoms with Crippen LogP contribution in [0.4, 0.5) is 0 Å². The van der Waals surface area contributed by atoms with E-state index >= 15 is 0 Å². The summed E-state index contributed by atoms with van der Waals surface area (Å²) in [6.07, 6.45) is 4.60. The first kappa shape index (κ1) is 10.5. The molecule has 0 heterocycles. The fourth-order valence-electron chi connectivity index (χ4n) is 1.28. The summed E-state index contributed by atoms with van der Waals surface area (Å²) in [7, 11) is 0. The maximum Gasteiger partial charge on any atom is 0.369 e. The van der Waals surface area contributed by atoms with Crippen LogP contribution in [0.5, 0.6) is 0 Å². The van der Waals surface area contributed by atoms with Crippen molar-refractivity contribution < 1.29 is 3.79 Å². The molecule has 0 aromatic rings. The fourth-order valence-corrected chi connectivity index (χ4v) is 1.74. The van der Waals surface area contributed by atoms with Gasteiger partial charge in [-0.3, -0.25) is 0 Å². The maximum atomic E-state index is 5.39. The molecule has 2 heteroatoms.